The predicted octanol–water partition coefficient (Wildman–Crippen LogP) is 4.75. The molecule has 3 rings (SSSR count). The summed E-state index contributed by atoms with van der Waals surface area (Å²) >= 11 is 1.65. The van der Waals surface area contributed by atoms with Crippen LogP contribution < -0.4 is 20.1 Å². The number of urea groups is 1. The minimum atomic E-state index is -0.291. The number of thiophene rings is 1. The molecule has 2 N–H and O–H groups in total. The Morgan fingerprint density at radius 2 is 1.77 bits per heavy atom. The van der Waals surface area contributed by atoms with Gasteiger partial charge in [0.1, 0.15) is 11.5 Å². The van der Waals surface area contributed by atoms with Gasteiger partial charge in [-0.2, -0.15) is 11.3 Å². The molecule has 0 aliphatic carbocycles. The minimum absolute atomic E-state index is 0.291. The lowest BCUT2D eigenvalue weighted by atomic mass is 10.0. The van der Waals surface area contributed by atoms with Gasteiger partial charge in [0.25, 0.3) is 0 Å². The van der Waals surface area contributed by atoms with Crippen molar-refractivity contribution in [1.29, 1.82) is 0 Å². The summed E-state index contributed by atoms with van der Waals surface area (Å²) in [5.41, 5.74) is 3.94. The first-order valence-electron chi connectivity index (χ1n) is 8.08. The Hall–Kier alpha value is -2.99. The lowest BCUT2D eigenvalue weighted by Crippen LogP contribution is -2.28. The lowest BCUT2D eigenvalue weighted by Gasteiger charge is -2.12. The molecule has 1 heterocycles. The number of ether oxygens (including phenoxy) is 2. The van der Waals surface area contributed by atoms with Crippen LogP contribution in [0, 0.1) is 0 Å². The molecule has 0 aliphatic heterocycles. The van der Waals surface area contributed by atoms with E-state index in [0.29, 0.717) is 23.7 Å². The number of carbonyl (C=O) groups excluding carboxylic acids is 1. The molecule has 2 aromatic carbocycles. The van der Waals surface area contributed by atoms with E-state index in [9.17, 15) is 4.79 Å². The van der Waals surface area contributed by atoms with E-state index in [2.05, 4.69) is 28.1 Å². The normalized spacial score (nSPS) is 10.2. The molecule has 0 saturated heterocycles. The van der Waals surface area contributed by atoms with Crippen LogP contribution in [0.1, 0.15) is 5.56 Å². The first kappa shape index (κ1) is 17.8. The van der Waals surface area contributed by atoms with Gasteiger partial charge in [-0.15, -0.1) is 0 Å². The van der Waals surface area contributed by atoms with Crippen LogP contribution >= 0.6 is 11.3 Å². The summed E-state index contributed by atoms with van der Waals surface area (Å²) < 4.78 is 10.4. The Bertz CT molecular complexity index is 856. The molecule has 0 bridgehead atoms. The zero-order chi connectivity index (χ0) is 18.4. The van der Waals surface area contributed by atoms with Gasteiger partial charge in [-0.25, -0.2) is 4.79 Å². The highest BCUT2D eigenvalue weighted by molar-refractivity contribution is 7.08. The van der Waals surface area contributed by atoms with Crippen LogP contribution in [0.4, 0.5) is 10.5 Å². The van der Waals surface area contributed by atoms with Crippen LogP contribution in [0.2, 0.25) is 0 Å². The fourth-order valence-electron chi connectivity index (χ4n) is 2.60. The van der Waals surface area contributed by atoms with E-state index in [1.54, 1.807) is 43.8 Å². The number of hydrogen-bond acceptors (Lipinski definition) is 4. The number of hydrogen-bond donors (Lipinski definition) is 2. The SMILES string of the molecule is COc1cc(NC(=O)NCc2ccccc2-c2ccsc2)cc(OC)c1. The molecule has 0 radical (unpaired) electrons. The van der Waals surface area contributed by atoms with E-state index in [1.165, 1.54) is 0 Å². The molecular weight excluding hydrogens is 348 g/mol. The third-order valence-corrected chi connectivity index (χ3v) is 4.58. The van der Waals surface area contributed by atoms with Gasteiger partial charge < -0.3 is 20.1 Å². The zero-order valence-electron chi connectivity index (χ0n) is 14.6. The van der Waals surface area contributed by atoms with E-state index in [4.69, 9.17) is 9.47 Å². The largest absolute Gasteiger partial charge is 0.497 e. The highest BCUT2D eigenvalue weighted by Crippen LogP contribution is 2.27. The number of methoxy groups -OCH3 is 2. The molecule has 0 aliphatic rings. The molecule has 0 atom stereocenters. The monoisotopic (exact) mass is 368 g/mol. The molecule has 134 valence electrons. The second-order valence-corrected chi connectivity index (χ2v) is 6.36. The summed E-state index contributed by atoms with van der Waals surface area (Å²) in [5.74, 6) is 1.23. The summed E-state index contributed by atoms with van der Waals surface area (Å²) in [7, 11) is 3.14. The Morgan fingerprint density at radius 1 is 1.04 bits per heavy atom. The molecule has 0 fully saturated rings. The van der Waals surface area contributed by atoms with Crippen molar-refractivity contribution in [3.05, 3.63) is 64.9 Å². The average molecular weight is 368 g/mol. The molecule has 26 heavy (non-hydrogen) atoms. The number of benzene rings is 2. The second kappa shape index (κ2) is 8.40. The molecule has 1 aromatic heterocycles. The summed E-state index contributed by atoms with van der Waals surface area (Å²) in [6.45, 7) is 0.430. The van der Waals surface area contributed by atoms with Crippen LogP contribution in [0.5, 0.6) is 11.5 Å². The molecule has 6 heteroatoms. The summed E-state index contributed by atoms with van der Waals surface area (Å²) in [6.07, 6.45) is 0. The lowest BCUT2D eigenvalue weighted by molar-refractivity contribution is 0.251. The number of nitrogens with one attached hydrogen (secondary N) is 2. The van der Waals surface area contributed by atoms with Crippen LogP contribution in [0.25, 0.3) is 11.1 Å². The van der Waals surface area contributed by atoms with Crippen molar-refractivity contribution in [2.45, 2.75) is 6.54 Å². The van der Waals surface area contributed by atoms with Crippen molar-refractivity contribution in [2.75, 3.05) is 19.5 Å². The summed E-state index contributed by atoms with van der Waals surface area (Å²) in [6, 6.07) is 15.1. The first-order chi connectivity index (χ1) is 12.7. The third-order valence-electron chi connectivity index (χ3n) is 3.90. The van der Waals surface area contributed by atoms with Crippen LogP contribution in [-0.2, 0) is 6.54 Å². The van der Waals surface area contributed by atoms with Crippen molar-refractivity contribution in [3.63, 3.8) is 0 Å². The molecule has 0 saturated carbocycles. The highest BCUT2D eigenvalue weighted by Gasteiger charge is 2.08. The fourth-order valence-corrected chi connectivity index (χ4v) is 3.26. The predicted molar refractivity (Wildman–Crippen MR) is 105 cm³/mol. The van der Waals surface area contributed by atoms with Crippen molar-refractivity contribution in [1.82, 2.24) is 5.32 Å². The second-order valence-electron chi connectivity index (χ2n) is 5.58. The Labute approximate surface area is 156 Å². The van der Waals surface area contributed by atoms with Gasteiger partial charge in [-0.05, 0) is 33.5 Å². The van der Waals surface area contributed by atoms with E-state index < -0.39 is 0 Å². The Kier molecular flexibility index (Phi) is 5.76. The standard InChI is InChI=1S/C20H20N2O3S/c1-24-17-9-16(10-18(11-17)25-2)22-20(23)21-12-14-5-3-4-6-19(14)15-7-8-26-13-15/h3-11,13H,12H2,1-2H3,(H2,21,22,23). The van der Waals surface area contributed by atoms with Gasteiger partial charge in [0.15, 0.2) is 0 Å². The zero-order valence-corrected chi connectivity index (χ0v) is 15.4. The smallest absolute Gasteiger partial charge is 0.319 e. The maximum Gasteiger partial charge on any atom is 0.319 e. The molecule has 2 amide bonds. The van der Waals surface area contributed by atoms with Gasteiger partial charge in [-0.3, -0.25) is 0 Å². The van der Waals surface area contributed by atoms with E-state index in [1.807, 2.05) is 23.6 Å². The van der Waals surface area contributed by atoms with Crippen LogP contribution in [0.3, 0.4) is 0 Å². The summed E-state index contributed by atoms with van der Waals surface area (Å²) in [5, 5.41) is 9.85. The summed E-state index contributed by atoms with van der Waals surface area (Å²) in [4.78, 5) is 12.3. The van der Waals surface area contributed by atoms with Crippen molar-refractivity contribution in [2.24, 2.45) is 0 Å². The van der Waals surface area contributed by atoms with Crippen molar-refractivity contribution >= 4 is 23.1 Å². The van der Waals surface area contributed by atoms with E-state index in [0.717, 1.165) is 16.7 Å². The number of anilines is 1. The molecule has 0 spiro atoms. The maximum absolute atomic E-state index is 12.3. The fraction of sp³-hybridized carbons (Fsp3) is 0.150. The van der Waals surface area contributed by atoms with E-state index in [-0.39, 0.29) is 6.03 Å². The topological polar surface area (TPSA) is 59.6 Å². The molecule has 0 unspecified atom stereocenters. The first-order valence-corrected chi connectivity index (χ1v) is 9.02. The quantitative estimate of drug-likeness (QED) is 0.660. The van der Waals surface area contributed by atoms with Gasteiger partial charge in [0.2, 0.25) is 0 Å². The number of amides is 2. The van der Waals surface area contributed by atoms with Gasteiger partial charge >= 0.3 is 6.03 Å². The minimum Gasteiger partial charge on any atom is -0.497 e. The Balaban J connectivity index is 1.67. The van der Waals surface area contributed by atoms with Gasteiger partial charge in [0.05, 0.1) is 14.2 Å². The van der Waals surface area contributed by atoms with Crippen LogP contribution in [0.15, 0.2) is 59.3 Å². The van der Waals surface area contributed by atoms with Gasteiger partial charge in [0, 0.05) is 30.4 Å². The average Bonchev–Trinajstić information content (AvgIpc) is 3.20. The Morgan fingerprint density at radius 3 is 2.42 bits per heavy atom. The van der Waals surface area contributed by atoms with Gasteiger partial charge in [-0.1, -0.05) is 24.3 Å². The molecular formula is C20H20N2O3S. The number of carbonyl (C=O) groups is 1. The van der Waals surface area contributed by atoms with Crippen LogP contribution in [-0.4, -0.2) is 20.3 Å². The van der Waals surface area contributed by atoms with Crippen molar-refractivity contribution in [3.8, 4) is 22.6 Å². The molecule has 3 aromatic rings. The number of rotatable bonds is 6. The molecule has 5 nitrogen and oxygen atoms in total. The maximum atomic E-state index is 12.3. The van der Waals surface area contributed by atoms with E-state index >= 15 is 0 Å². The van der Waals surface area contributed by atoms with Crippen molar-refractivity contribution < 1.29 is 14.3 Å². The highest BCUT2D eigenvalue weighted by atomic mass is 32.1. The third kappa shape index (κ3) is 4.34.